The minimum absolute atomic E-state index is 0.204. The maximum absolute atomic E-state index is 12.9. The standard InChI is InChI=1S/C15H23NO3S2/c1-12-11-20-13(10-17)14(12)21(18,19)16-8-6-15(7-9-16)4-2-3-5-15/h11,17H,2-10H2,1H3. The van der Waals surface area contributed by atoms with Crippen molar-refractivity contribution in [2.45, 2.75) is 57.0 Å². The predicted octanol–water partition coefficient (Wildman–Crippen LogP) is 2.89. The second kappa shape index (κ2) is 5.65. The molecule has 6 heteroatoms. The summed E-state index contributed by atoms with van der Waals surface area (Å²) in [5.41, 5.74) is 1.17. The van der Waals surface area contributed by atoms with Crippen LogP contribution in [0.1, 0.15) is 49.0 Å². The molecule has 0 atom stereocenters. The monoisotopic (exact) mass is 329 g/mol. The van der Waals surface area contributed by atoms with Crippen molar-refractivity contribution in [2.75, 3.05) is 13.1 Å². The highest BCUT2D eigenvalue weighted by Crippen LogP contribution is 2.47. The molecule has 0 radical (unpaired) electrons. The number of aliphatic hydroxyl groups excluding tert-OH is 1. The van der Waals surface area contributed by atoms with Crippen molar-refractivity contribution in [1.82, 2.24) is 4.31 Å². The van der Waals surface area contributed by atoms with E-state index in [0.29, 0.717) is 28.3 Å². The van der Waals surface area contributed by atoms with Crippen LogP contribution in [0.4, 0.5) is 0 Å². The predicted molar refractivity (Wildman–Crippen MR) is 83.9 cm³/mol. The number of rotatable bonds is 3. The van der Waals surface area contributed by atoms with Gasteiger partial charge in [0, 0.05) is 13.1 Å². The molecule has 1 aliphatic carbocycles. The summed E-state index contributed by atoms with van der Waals surface area (Å²) in [4.78, 5) is 0.908. The molecule has 1 saturated heterocycles. The molecule has 1 aromatic rings. The fraction of sp³-hybridized carbons (Fsp3) is 0.733. The Bertz CT molecular complexity index is 605. The van der Waals surface area contributed by atoms with Crippen LogP contribution in [0.25, 0.3) is 0 Å². The Hall–Kier alpha value is -0.430. The van der Waals surface area contributed by atoms with E-state index in [1.54, 1.807) is 4.31 Å². The average molecular weight is 329 g/mol. The smallest absolute Gasteiger partial charge is 0.244 e. The summed E-state index contributed by atoms with van der Waals surface area (Å²) in [5.74, 6) is 0. The van der Waals surface area contributed by atoms with Gasteiger partial charge >= 0.3 is 0 Å². The highest BCUT2D eigenvalue weighted by molar-refractivity contribution is 7.89. The van der Waals surface area contributed by atoms with Gasteiger partial charge in [-0.3, -0.25) is 0 Å². The van der Waals surface area contributed by atoms with E-state index in [-0.39, 0.29) is 6.61 Å². The van der Waals surface area contributed by atoms with Gasteiger partial charge in [0.25, 0.3) is 0 Å². The first kappa shape index (κ1) is 15.5. The van der Waals surface area contributed by atoms with Crippen molar-refractivity contribution in [1.29, 1.82) is 0 Å². The van der Waals surface area contributed by atoms with Crippen LogP contribution < -0.4 is 0 Å². The third-order valence-corrected chi connectivity index (χ3v) is 8.53. The average Bonchev–Trinajstić information content (AvgIpc) is 3.06. The van der Waals surface area contributed by atoms with Crippen molar-refractivity contribution in [3.05, 3.63) is 15.8 Å². The zero-order valence-electron chi connectivity index (χ0n) is 12.5. The van der Waals surface area contributed by atoms with Gasteiger partial charge in [-0.25, -0.2) is 8.42 Å². The van der Waals surface area contributed by atoms with Crippen molar-refractivity contribution >= 4 is 21.4 Å². The fourth-order valence-corrected chi connectivity index (χ4v) is 6.95. The van der Waals surface area contributed by atoms with E-state index in [1.165, 1.54) is 37.0 Å². The van der Waals surface area contributed by atoms with Crippen molar-refractivity contribution in [3.63, 3.8) is 0 Å². The SMILES string of the molecule is Cc1csc(CO)c1S(=O)(=O)N1CCC2(CCCC2)CC1. The van der Waals surface area contributed by atoms with Gasteiger partial charge in [-0.2, -0.15) is 4.31 Å². The maximum Gasteiger partial charge on any atom is 0.244 e. The number of thiophene rings is 1. The molecule has 0 amide bonds. The second-order valence-corrected chi connectivity index (χ2v) is 9.28. The lowest BCUT2D eigenvalue weighted by molar-refractivity contribution is 0.160. The number of nitrogens with zero attached hydrogens (tertiary/aromatic N) is 1. The largest absolute Gasteiger partial charge is 0.391 e. The third kappa shape index (κ3) is 2.67. The molecule has 0 unspecified atom stereocenters. The lowest BCUT2D eigenvalue weighted by atomic mass is 9.78. The van der Waals surface area contributed by atoms with Crippen LogP contribution >= 0.6 is 11.3 Å². The topological polar surface area (TPSA) is 57.6 Å². The Morgan fingerprint density at radius 1 is 1.24 bits per heavy atom. The molecule has 4 nitrogen and oxygen atoms in total. The number of sulfonamides is 1. The van der Waals surface area contributed by atoms with Crippen LogP contribution in [0.3, 0.4) is 0 Å². The van der Waals surface area contributed by atoms with E-state index in [1.807, 2.05) is 12.3 Å². The molecule has 0 aromatic carbocycles. The molecule has 3 rings (SSSR count). The van der Waals surface area contributed by atoms with Crippen molar-refractivity contribution in [2.24, 2.45) is 5.41 Å². The summed E-state index contributed by atoms with van der Waals surface area (Å²) in [7, 11) is -3.45. The van der Waals surface area contributed by atoms with Gasteiger partial charge in [0.15, 0.2) is 0 Å². The summed E-state index contributed by atoms with van der Waals surface area (Å²) in [6, 6.07) is 0. The Labute approximate surface area is 130 Å². The van der Waals surface area contributed by atoms with E-state index in [2.05, 4.69) is 0 Å². The zero-order chi connectivity index (χ0) is 15.1. The second-order valence-electron chi connectivity index (χ2n) is 6.44. The molecule has 1 N–H and O–H groups in total. The lowest BCUT2D eigenvalue weighted by Crippen LogP contribution is -2.42. The number of hydrogen-bond donors (Lipinski definition) is 1. The van der Waals surface area contributed by atoms with Crippen LogP contribution in [0, 0.1) is 12.3 Å². The lowest BCUT2D eigenvalue weighted by Gasteiger charge is -2.38. The highest BCUT2D eigenvalue weighted by Gasteiger charge is 2.41. The van der Waals surface area contributed by atoms with E-state index >= 15 is 0 Å². The maximum atomic E-state index is 12.9. The molecule has 21 heavy (non-hydrogen) atoms. The van der Waals surface area contributed by atoms with Crippen molar-refractivity contribution in [3.8, 4) is 0 Å². The minimum Gasteiger partial charge on any atom is -0.391 e. The van der Waals surface area contributed by atoms with E-state index in [4.69, 9.17) is 0 Å². The molecule has 1 saturated carbocycles. The van der Waals surface area contributed by atoms with Gasteiger partial charge in [-0.1, -0.05) is 12.8 Å². The van der Waals surface area contributed by atoms with Gasteiger partial charge in [-0.05, 0) is 49.0 Å². The first-order chi connectivity index (χ1) is 9.98. The first-order valence-corrected chi connectivity index (χ1v) is 9.98. The molecule has 2 fully saturated rings. The van der Waals surface area contributed by atoms with Crippen LogP contribution in [-0.2, 0) is 16.6 Å². The van der Waals surface area contributed by atoms with Crippen LogP contribution in [-0.4, -0.2) is 30.9 Å². The molecular formula is C15H23NO3S2. The summed E-state index contributed by atoms with van der Waals surface area (Å²) in [5, 5.41) is 11.2. The number of aliphatic hydroxyl groups is 1. The normalized spacial score (nSPS) is 23.0. The van der Waals surface area contributed by atoms with Crippen LogP contribution in [0.5, 0.6) is 0 Å². The van der Waals surface area contributed by atoms with Crippen LogP contribution in [0.15, 0.2) is 10.3 Å². The summed E-state index contributed by atoms with van der Waals surface area (Å²) in [6.45, 7) is 2.86. The quantitative estimate of drug-likeness (QED) is 0.927. The molecule has 0 bridgehead atoms. The summed E-state index contributed by atoms with van der Waals surface area (Å²) in [6.07, 6.45) is 7.10. The Kier molecular flexibility index (Phi) is 4.16. The number of hydrogen-bond acceptors (Lipinski definition) is 4. The van der Waals surface area contributed by atoms with E-state index in [9.17, 15) is 13.5 Å². The van der Waals surface area contributed by atoms with Gasteiger partial charge in [0.2, 0.25) is 10.0 Å². The number of piperidine rings is 1. The Morgan fingerprint density at radius 2 is 1.86 bits per heavy atom. The fourth-order valence-electron chi connectivity index (χ4n) is 3.90. The van der Waals surface area contributed by atoms with E-state index < -0.39 is 10.0 Å². The molecule has 2 aliphatic rings. The Balaban J connectivity index is 1.82. The molecule has 1 spiro atoms. The van der Waals surface area contributed by atoms with Gasteiger partial charge in [-0.15, -0.1) is 11.3 Å². The summed E-state index contributed by atoms with van der Waals surface area (Å²) >= 11 is 1.33. The summed E-state index contributed by atoms with van der Waals surface area (Å²) < 4.78 is 27.4. The Morgan fingerprint density at radius 3 is 2.43 bits per heavy atom. The molecule has 118 valence electrons. The van der Waals surface area contributed by atoms with Gasteiger partial charge < -0.3 is 5.11 Å². The number of aryl methyl sites for hydroxylation is 1. The highest BCUT2D eigenvalue weighted by atomic mass is 32.2. The van der Waals surface area contributed by atoms with Crippen molar-refractivity contribution < 1.29 is 13.5 Å². The molecule has 1 aliphatic heterocycles. The first-order valence-electron chi connectivity index (χ1n) is 7.66. The van der Waals surface area contributed by atoms with Gasteiger partial charge in [0.1, 0.15) is 4.90 Å². The molecule has 1 aromatic heterocycles. The van der Waals surface area contributed by atoms with E-state index in [0.717, 1.165) is 18.4 Å². The molecular weight excluding hydrogens is 306 g/mol. The van der Waals surface area contributed by atoms with Crippen LogP contribution in [0.2, 0.25) is 0 Å². The third-order valence-electron chi connectivity index (χ3n) is 5.18. The molecule has 2 heterocycles. The van der Waals surface area contributed by atoms with Gasteiger partial charge in [0.05, 0.1) is 11.5 Å². The zero-order valence-corrected chi connectivity index (χ0v) is 14.1. The minimum atomic E-state index is -3.45.